The first-order valence-electron chi connectivity index (χ1n) is 7.78. The van der Waals surface area contributed by atoms with Crippen molar-refractivity contribution in [3.8, 4) is 17.6 Å². The first-order valence-corrected chi connectivity index (χ1v) is 9.61. The lowest BCUT2D eigenvalue weighted by atomic mass is 10.1. The third kappa shape index (κ3) is 5.51. The number of hydrogen-bond acceptors (Lipinski definition) is 4. The largest absolute Gasteiger partial charge is 0.493 e. The quantitative estimate of drug-likeness (QED) is 0.310. The summed E-state index contributed by atoms with van der Waals surface area (Å²) < 4.78 is 11.7. The number of carbonyl (C=O) groups excluding carboxylic acids is 1. The van der Waals surface area contributed by atoms with Crippen LogP contribution in [0.15, 0.2) is 35.9 Å². The molecule has 2 rings (SSSR count). The molecule has 0 radical (unpaired) electrons. The summed E-state index contributed by atoms with van der Waals surface area (Å²) in [5, 5.41) is 12.7. The predicted molar refractivity (Wildman–Crippen MR) is 116 cm³/mol. The van der Waals surface area contributed by atoms with Crippen molar-refractivity contribution in [2.24, 2.45) is 0 Å². The summed E-state index contributed by atoms with van der Waals surface area (Å²) in [4.78, 5) is 12.4. The molecule has 1 amide bonds. The summed E-state index contributed by atoms with van der Waals surface area (Å²) in [7, 11) is 1.53. The summed E-state index contributed by atoms with van der Waals surface area (Å²) in [5.74, 6) is 0.590. The first kappa shape index (κ1) is 21.4. The average molecular weight is 517 g/mol. The zero-order valence-corrected chi connectivity index (χ0v) is 18.1. The minimum Gasteiger partial charge on any atom is -0.493 e. The molecule has 0 atom stereocenters. The highest BCUT2D eigenvalue weighted by Crippen LogP contribution is 2.34. The van der Waals surface area contributed by atoms with E-state index in [9.17, 15) is 10.1 Å². The van der Waals surface area contributed by atoms with Gasteiger partial charge in [0.15, 0.2) is 11.5 Å². The Morgan fingerprint density at radius 1 is 1.30 bits per heavy atom. The Labute approximate surface area is 181 Å². The average Bonchev–Trinajstić information content (AvgIpc) is 2.64. The molecule has 0 aliphatic carbocycles. The maximum Gasteiger partial charge on any atom is 0.266 e. The molecule has 1 N–H and O–H groups in total. The smallest absolute Gasteiger partial charge is 0.266 e. The Hall–Kier alpha value is -1.95. The number of nitrogens with one attached hydrogen (secondary N) is 1. The summed E-state index contributed by atoms with van der Waals surface area (Å²) in [6.45, 7) is 2.38. The van der Waals surface area contributed by atoms with E-state index in [1.54, 1.807) is 24.3 Å². The molecular formula is C19H15Cl2IN2O3. The van der Waals surface area contributed by atoms with Gasteiger partial charge in [0, 0.05) is 5.69 Å². The van der Waals surface area contributed by atoms with E-state index in [1.807, 2.05) is 13.0 Å². The van der Waals surface area contributed by atoms with Gasteiger partial charge in [-0.1, -0.05) is 23.2 Å². The van der Waals surface area contributed by atoms with Crippen molar-refractivity contribution >= 4 is 63.5 Å². The van der Waals surface area contributed by atoms with E-state index >= 15 is 0 Å². The van der Waals surface area contributed by atoms with E-state index < -0.39 is 5.91 Å². The Morgan fingerprint density at radius 2 is 2.04 bits per heavy atom. The lowest BCUT2D eigenvalue weighted by Gasteiger charge is -2.12. The van der Waals surface area contributed by atoms with Crippen molar-refractivity contribution in [3.63, 3.8) is 0 Å². The van der Waals surface area contributed by atoms with Crippen LogP contribution in [0.2, 0.25) is 10.0 Å². The van der Waals surface area contributed by atoms with E-state index in [0.717, 1.165) is 3.57 Å². The molecule has 5 nitrogen and oxygen atoms in total. The Morgan fingerprint density at radius 3 is 2.63 bits per heavy atom. The molecule has 0 saturated carbocycles. The van der Waals surface area contributed by atoms with Gasteiger partial charge < -0.3 is 14.8 Å². The lowest BCUT2D eigenvalue weighted by Crippen LogP contribution is -2.13. The molecule has 0 aliphatic rings. The van der Waals surface area contributed by atoms with Crippen molar-refractivity contribution in [3.05, 3.63) is 55.1 Å². The van der Waals surface area contributed by atoms with E-state index in [2.05, 4.69) is 27.9 Å². The first-order chi connectivity index (χ1) is 12.9. The lowest BCUT2D eigenvalue weighted by molar-refractivity contribution is -0.112. The van der Waals surface area contributed by atoms with E-state index in [1.165, 1.54) is 19.3 Å². The normalized spacial score (nSPS) is 10.9. The molecular weight excluding hydrogens is 502 g/mol. The molecule has 8 heteroatoms. The number of ether oxygens (including phenoxy) is 2. The Kier molecular flexibility index (Phi) is 7.78. The number of rotatable bonds is 6. The van der Waals surface area contributed by atoms with Crippen molar-refractivity contribution < 1.29 is 14.3 Å². The number of amides is 1. The second kappa shape index (κ2) is 9.83. The van der Waals surface area contributed by atoms with Crippen LogP contribution in [0.4, 0.5) is 5.69 Å². The fraction of sp³-hybridized carbons (Fsp3) is 0.158. The standard InChI is InChI=1S/C19H15Cl2IN2O3/c1-3-27-18-16(22)7-11(8-17(18)26-2)6-12(10-23)19(25)24-13-4-5-14(20)15(21)9-13/h4-9H,3H2,1-2H3,(H,24,25)/b12-6-. The van der Waals surface area contributed by atoms with Gasteiger partial charge in [0.1, 0.15) is 11.6 Å². The van der Waals surface area contributed by atoms with Crippen molar-refractivity contribution in [2.75, 3.05) is 19.0 Å². The highest BCUT2D eigenvalue weighted by molar-refractivity contribution is 14.1. The fourth-order valence-electron chi connectivity index (χ4n) is 2.20. The van der Waals surface area contributed by atoms with Crippen LogP contribution in [0.3, 0.4) is 0 Å². The molecule has 0 spiro atoms. The van der Waals surface area contributed by atoms with Crippen molar-refractivity contribution in [2.45, 2.75) is 6.92 Å². The van der Waals surface area contributed by atoms with E-state index in [0.29, 0.717) is 39.4 Å². The molecule has 2 aromatic carbocycles. The minimum absolute atomic E-state index is 0.0666. The van der Waals surface area contributed by atoms with Crippen LogP contribution in [-0.4, -0.2) is 19.6 Å². The van der Waals surface area contributed by atoms with Crippen molar-refractivity contribution in [1.29, 1.82) is 5.26 Å². The molecule has 140 valence electrons. The van der Waals surface area contributed by atoms with Crippen molar-refractivity contribution in [1.82, 2.24) is 0 Å². The van der Waals surface area contributed by atoms with E-state index in [-0.39, 0.29) is 5.57 Å². The maximum atomic E-state index is 12.4. The molecule has 0 bridgehead atoms. The van der Waals surface area contributed by atoms with Crippen LogP contribution < -0.4 is 14.8 Å². The second-order valence-corrected chi connectivity index (χ2v) is 7.20. The van der Waals surface area contributed by atoms with Gasteiger partial charge in [-0.05, 0) is 71.5 Å². The fourth-order valence-corrected chi connectivity index (χ4v) is 3.27. The molecule has 2 aromatic rings. The predicted octanol–water partition coefficient (Wildman–Crippen LogP) is 5.55. The monoisotopic (exact) mass is 516 g/mol. The molecule has 0 fully saturated rings. The number of hydrogen-bond donors (Lipinski definition) is 1. The van der Waals surface area contributed by atoms with Crippen LogP contribution in [0, 0.1) is 14.9 Å². The zero-order valence-electron chi connectivity index (χ0n) is 14.5. The molecule has 0 heterocycles. The van der Waals surface area contributed by atoms with Gasteiger partial charge >= 0.3 is 0 Å². The summed E-state index contributed by atoms with van der Waals surface area (Å²) >= 11 is 13.9. The van der Waals surface area contributed by atoms with Crippen LogP contribution in [0.1, 0.15) is 12.5 Å². The number of methoxy groups -OCH3 is 1. The number of halogens is 3. The topological polar surface area (TPSA) is 71.3 Å². The van der Waals surface area contributed by atoms with Gasteiger partial charge in [0.25, 0.3) is 5.91 Å². The highest BCUT2D eigenvalue weighted by atomic mass is 127. The highest BCUT2D eigenvalue weighted by Gasteiger charge is 2.14. The van der Waals surface area contributed by atoms with Gasteiger partial charge in [0.2, 0.25) is 0 Å². The Bertz CT molecular complexity index is 939. The number of nitrogens with zero attached hydrogens (tertiary/aromatic N) is 1. The SMILES string of the molecule is CCOc1c(I)cc(/C=C(/C#N)C(=O)Nc2ccc(Cl)c(Cl)c2)cc1OC. The van der Waals surface area contributed by atoms with Crippen LogP contribution in [0.25, 0.3) is 6.08 Å². The summed E-state index contributed by atoms with van der Waals surface area (Å²) in [5.41, 5.74) is 1.01. The molecule has 0 unspecified atom stereocenters. The number of anilines is 1. The van der Waals surface area contributed by atoms with Gasteiger partial charge in [-0.3, -0.25) is 4.79 Å². The maximum absolute atomic E-state index is 12.4. The molecule has 0 aliphatic heterocycles. The summed E-state index contributed by atoms with van der Waals surface area (Å²) in [6, 6.07) is 10.1. The van der Waals surface area contributed by atoms with Crippen LogP contribution in [-0.2, 0) is 4.79 Å². The third-order valence-electron chi connectivity index (χ3n) is 3.39. The Balaban J connectivity index is 2.32. The second-order valence-electron chi connectivity index (χ2n) is 5.22. The van der Waals surface area contributed by atoms with Crippen LogP contribution >= 0.6 is 45.8 Å². The van der Waals surface area contributed by atoms with E-state index in [4.69, 9.17) is 32.7 Å². The number of carbonyl (C=O) groups is 1. The van der Waals surface area contributed by atoms with Gasteiger partial charge in [-0.25, -0.2) is 0 Å². The summed E-state index contributed by atoms with van der Waals surface area (Å²) in [6.07, 6.45) is 1.48. The number of nitriles is 1. The minimum atomic E-state index is -0.557. The van der Waals surface area contributed by atoms with Crippen LogP contribution in [0.5, 0.6) is 11.5 Å². The third-order valence-corrected chi connectivity index (χ3v) is 4.93. The molecule has 0 aromatic heterocycles. The van der Waals surface area contributed by atoms with Gasteiger partial charge in [0.05, 0.1) is 27.3 Å². The van der Waals surface area contributed by atoms with Gasteiger partial charge in [-0.2, -0.15) is 5.26 Å². The zero-order chi connectivity index (χ0) is 20.0. The number of benzene rings is 2. The molecule has 27 heavy (non-hydrogen) atoms. The van der Waals surface area contributed by atoms with Gasteiger partial charge in [-0.15, -0.1) is 0 Å². The molecule has 0 saturated heterocycles.